The molecule has 1 atom stereocenters. The van der Waals surface area contributed by atoms with E-state index >= 15 is 0 Å². The van der Waals surface area contributed by atoms with Gasteiger partial charge in [-0.2, -0.15) is 0 Å². The fourth-order valence-electron chi connectivity index (χ4n) is 2.09. The van der Waals surface area contributed by atoms with Crippen molar-refractivity contribution >= 4 is 21.7 Å². The Morgan fingerprint density at radius 3 is 2.32 bits per heavy atom. The predicted octanol–water partition coefficient (Wildman–Crippen LogP) is -1.51. The standard InChI is InChI=1S/C11H21N3O4S/c1-8(19(2,17)18)11(16)14(7-10(12)15)9-3-5-13-6-4-9/h8-9,13H,3-7H2,1-2H3,(H2,12,15). The summed E-state index contributed by atoms with van der Waals surface area (Å²) in [6, 6.07) is -0.134. The maximum Gasteiger partial charge on any atom is 0.241 e. The number of rotatable bonds is 5. The fraction of sp³-hybridized carbons (Fsp3) is 0.818. The Bertz CT molecular complexity index is 443. The van der Waals surface area contributed by atoms with E-state index < -0.39 is 26.9 Å². The summed E-state index contributed by atoms with van der Waals surface area (Å²) in [5.74, 6) is -1.18. The molecule has 0 radical (unpaired) electrons. The first-order valence-electron chi connectivity index (χ1n) is 6.22. The van der Waals surface area contributed by atoms with Crippen LogP contribution in [0.2, 0.25) is 0 Å². The van der Waals surface area contributed by atoms with E-state index in [9.17, 15) is 18.0 Å². The molecule has 0 saturated carbocycles. The highest BCUT2D eigenvalue weighted by atomic mass is 32.2. The first-order chi connectivity index (χ1) is 8.73. The SMILES string of the molecule is CC(C(=O)N(CC(N)=O)C1CCNCC1)S(C)(=O)=O. The summed E-state index contributed by atoms with van der Waals surface area (Å²) in [5.41, 5.74) is 5.15. The monoisotopic (exact) mass is 291 g/mol. The zero-order valence-corrected chi connectivity index (χ0v) is 12.1. The van der Waals surface area contributed by atoms with Gasteiger partial charge in [0.15, 0.2) is 9.84 Å². The molecule has 1 aliphatic rings. The van der Waals surface area contributed by atoms with E-state index in [-0.39, 0.29) is 12.6 Å². The van der Waals surface area contributed by atoms with Gasteiger partial charge >= 0.3 is 0 Å². The van der Waals surface area contributed by atoms with Gasteiger partial charge in [0.2, 0.25) is 11.8 Å². The molecule has 19 heavy (non-hydrogen) atoms. The van der Waals surface area contributed by atoms with Crippen LogP contribution in [0.1, 0.15) is 19.8 Å². The quantitative estimate of drug-likeness (QED) is 0.639. The van der Waals surface area contributed by atoms with Crippen LogP contribution in [0.25, 0.3) is 0 Å². The Hall–Kier alpha value is -1.15. The third-order valence-corrected chi connectivity index (χ3v) is 4.83. The molecule has 1 saturated heterocycles. The van der Waals surface area contributed by atoms with E-state index in [0.717, 1.165) is 19.3 Å². The number of primary amides is 1. The summed E-state index contributed by atoms with van der Waals surface area (Å²) in [7, 11) is -3.48. The molecule has 1 unspecified atom stereocenters. The highest BCUT2D eigenvalue weighted by molar-refractivity contribution is 7.92. The molecule has 0 aliphatic carbocycles. The minimum Gasteiger partial charge on any atom is -0.368 e. The highest BCUT2D eigenvalue weighted by Gasteiger charge is 2.33. The molecular formula is C11H21N3O4S. The number of carbonyl (C=O) groups is 2. The smallest absolute Gasteiger partial charge is 0.241 e. The van der Waals surface area contributed by atoms with Crippen molar-refractivity contribution in [3.8, 4) is 0 Å². The minimum absolute atomic E-state index is 0.134. The van der Waals surface area contributed by atoms with Crippen molar-refractivity contribution in [3.05, 3.63) is 0 Å². The van der Waals surface area contributed by atoms with Gasteiger partial charge < -0.3 is 16.0 Å². The Labute approximate surface area is 113 Å². The van der Waals surface area contributed by atoms with Gasteiger partial charge in [-0.1, -0.05) is 0 Å². The van der Waals surface area contributed by atoms with Crippen LogP contribution in [-0.4, -0.2) is 62.3 Å². The minimum atomic E-state index is -3.48. The summed E-state index contributed by atoms with van der Waals surface area (Å²) in [4.78, 5) is 24.6. The van der Waals surface area contributed by atoms with Crippen LogP contribution in [0.5, 0.6) is 0 Å². The van der Waals surface area contributed by atoms with Gasteiger partial charge in [-0.3, -0.25) is 9.59 Å². The highest BCUT2D eigenvalue weighted by Crippen LogP contribution is 2.15. The first-order valence-corrected chi connectivity index (χ1v) is 8.17. The molecule has 1 heterocycles. The average Bonchev–Trinajstić information content (AvgIpc) is 2.34. The Morgan fingerprint density at radius 2 is 1.89 bits per heavy atom. The first kappa shape index (κ1) is 15.9. The molecule has 110 valence electrons. The second-order valence-electron chi connectivity index (χ2n) is 4.89. The molecule has 3 N–H and O–H groups in total. The number of nitrogens with one attached hydrogen (secondary N) is 1. The molecule has 8 heteroatoms. The molecule has 0 spiro atoms. The van der Waals surface area contributed by atoms with Crippen molar-refractivity contribution in [2.75, 3.05) is 25.9 Å². The fourth-order valence-corrected chi connectivity index (χ4v) is 2.59. The molecule has 0 aromatic heterocycles. The van der Waals surface area contributed by atoms with Crippen molar-refractivity contribution < 1.29 is 18.0 Å². The van der Waals surface area contributed by atoms with Crippen molar-refractivity contribution in [1.29, 1.82) is 0 Å². The lowest BCUT2D eigenvalue weighted by Crippen LogP contribution is -2.53. The maximum absolute atomic E-state index is 12.2. The zero-order valence-electron chi connectivity index (χ0n) is 11.3. The van der Waals surface area contributed by atoms with E-state index in [1.165, 1.54) is 11.8 Å². The molecule has 1 aliphatic heterocycles. The average molecular weight is 291 g/mol. The number of hydrogen-bond donors (Lipinski definition) is 2. The van der Waals surface area contributed by atoms with Crippen LogP contribution in [0.3, 0.4) is 0 Å². The molecule has 0 aromatic carbocycles. The van der Waals surface area contributed by atoms with Crippen molar-refractivity contribution in [2.45, 2.75) is 31.1 Å². The summed E-state index contributed by atoms with van der Waals surface area (Å²) < 4.78 is 22.9. The number of nitrogens with two attached hydrogens (primary N) is 1. The van der Waals surface area contributed by atoms with E-state index in [4.69, 9.17) is 5.73 Å². The van der Waals surface area contributed by atoms with Crippen molar-refractivity contribution in [2.24, 2.45) is 5.73 Å². The van der Waals surface area contributed by atoms with Crippen LogP contribution in [-0.2, 0) is 19.4 Å². The predicted molar refractivity (Wildman–Crippen MR) is 71.1 cm³/mol. The van der Waals surface area contributed by atoms with E-state index in [0.29, 0.717) is 12.8 Å². The molecule has 1 rings (SSSR count). The van der Waals surface area contributed by atoms with E-state index in [2.05, 4.69) is 5.32 Å². The summed E-state index contributed by atoms with van der Waals surface area (Å²) in [5, 5.41) is 2.00. The number of piperidine rings is 1. The Balaban J connectivity index is 2.89. The lowest BCUT2D eigenvalue weighted by atomic mass is 10.0. The summed E-state index contributed by atoms with van der Waals surface area (Å²) >= 11 is 0. The lowest BCUT2D eigenvalue weighted by Gasteiger charge is -2.35. The van der Waals surface area contributed by atoms with Crippen LogP contribution in [0, 0.1) is 0 Å². The Morgan fingerprint density at radius 1 is 1.37 bits per heavy atom. The third-order valence-electron chi connectivity index (χ3n) is 3.35. The lowest BCUT2D eigenvalue weighted by molar-refractivity contribution is -0.137. The Kier molecular flexibility index (Phi) is 5.30. The summed E-state index contributed by atoms with van der Waals surface area (Å²) in [6.07, 6.45) is 2.39. The van der Waals surface area contributed by atoms with Gasteiger partial charge in [-0.25, -0.2) is 8.42 Å². The zero-order chi connectivity index (χ0) is 14.6. The number of sulfone groups is 1. The molecule has 7 nitrogen and oxygen atoms in total. The number of carbonyl (C=O) groups excluding carboxylic acids is 2. The van der Waals surface area contributed by atoms with Gasteiger partial charge in [0.05, 0.1) is 6.54 Å². The molecule has 0 bridgehead atoms. The number of amides is 2. The van der Waals surface area contributed by atoms with Gasteiger partial charge in [0, 0.05) is 12.3 Å². The molecule has 2 amide bonds. The van der Waals surface area contributed by atoms with Gasteiger partial charge in [-0.15, -0.1) is 0 Å². The van der Waals surface area contributed by atoms with Gasteiger partial charge in [0.1, 0.15) is 5.25 Å². The third kappa shape index (κ3) is 4.46. The van der Waals surface area contributed by atoms with Crippen LogP contribution < -0.4 is 11.1 Å². The van der Waals surface area contributed by atoms with Crippen LogP contribution in [0.15, 0.2) is 0 Å². The van der Waals surface area contributed by atoms with Crippen molar-refractivity contribution in [3.63, 3.8) is 0 Å². The second-order valence-corrected chi connectivity index (χ2v) is 7.25. The van der Waals surface area contributed by atoms with Gasteiger partial charge in [0.25, 0.3) is 0 Å². The van der Waals surface area contributed by atoms with E-state index in [1.54, 1.807) is 0 Å². The van der Waals surface area contributed by atoms with E-state index in [1.807, 2.05) is 0 Å². The molecular weight excluding hydrogens is 270 g/mol. The number of nitrogens with zero attached hydrogens (tertiary/aromatic N) is 1. The largest absolute Gasteiger partial charge is 0.368 e. The summed E-state index contributed by atoms with van der Waals surface area (Å²) in [6.45, 7) is 2.58. The van der Waals surface area contributed by atoms with Gasteiger partial charge in [-0.05, 0) is 32.9 Å². The second kappa shape index (κ2) is 6.33. The normalized spacial score (nSPS) is 18.8. The topological polar surface area (TPSA) is 110 Å². The maximum atomic E-state index is 12.2. The van der Waals surface area contributed by atoms with Crippen LogP contribution >= 0.6 is 0 Å². The van der Waals surface area contributed by atoms with Crippen molar-refractivity contribution in [1.82, 2.24) is 10.2 Å². The number of hydrogen-bond acceptors (Lipinski definition) is 5. The molecule has 0 aromatic rings. The van der Waals surface area contributed by atoms with Crippen LogP contribution in [0.4, 0.5) is 0 Å². The molecule has 1 fully saturated rings.